The first kappa shape index (κ1) is 8.91. The zero-order valence-corrected chi connectivity index (χ0v) is 6.87. The van der Waals surface area contributed by atoms with E-state index in [0.29, 0.717) is 6.54 Å². The van der Waals surface area contributed by atoms with E-state index in [-0.39, 0.29) is 18.3 Å². The summed E-state index contributed by atoms with van der Waals surface area (Å²) in [6, 6.07) is 0. The maximum absolute atomic E-state index is 12.5. The number of hydrogen-bond acceptors (Lipinski definition) is 1. The molecule has 1 saturated carbocycles. The van der Waals surface area contributed by atoms with Gasteiger partial charge in [-0.05, 0) is 18.4 Å². The molecule has 1 nitrogen and oxygen atoms in total. The van der Waals surface area contributed by atoms with Gasteiger partial charge in [0.1, 0.15) is 0 Å². The van der Waals surface area contributed by atoms with Gasteiger partial charge in [0.15, 0.2) is 0 Å². The molecule has 0 aromatic carbocycles. The highest BCUT2D eigenvalue weighted by atomic mass is 19.3. The Balaban J connectivity index is 2.43. The predicted octanol–water partition coefficient (Wildman–Crippen LogP) is 2.16. The third kappa shape index (κ3) is 1.70. The van der Waals surface area contributed by atoms with E-state index in [9.17, 15) is 8.78 Å². The van der Waals surface area contributed by atoms with E-state index in [4.69, 9.17) is 5.73 Å². The van der Waals surface area contributed by atoms with Crippen LogP contribution in [-0.4, -0.2) is 12.5 Å². The number of alkyl halides is 2. The molecule has 0 amide bonds. The van der Waals surface area contributed by atoms with Crippen molar-refractivity contribution in [2.45, 2.75) is 38.5 Å². The van der Waals surface area contributed by atoms with Gasteiger partial charge in [0.25, 0.3) is 0 Å². The average molecular weight is 163 g/mol. The summed E-state index contributed by atoms with van der Waals surface area (Å²) in [5.74, 6) is -2.42. The fourth-order valence-electron chi connectivity index (χ4n) is 2.00. The van der Waals surface area contributed by atoms with Crippen molar-refractivity contribution < 1.29 is 8.78 Å². The van der Waals surface area contributed by atoms with Crippen molar-refractivity contribution in [1.82, 2.24) is 0 Å². The van der Waals surface area contributed by atoms with Gasteiger partial charge < -0.3 is 5.73 Å². The maximum Gasteiger partial charge on any atom is 0.249 e. The molecule has 0 aromatic rings. The molecule has 0 aromatic heterocycles. The van der Waals surface area contributed by atoms with Crippen LogP contribution in [0.4, 0.5) is 8.78 Å². The first-order chi connectivity index (χ1) is 5.04. The van der Waals surface area contributed by atoms with Gasteiger partial charge in [0.05, 0.1) is 0 Å². The molecular formula is C8H15F2N. The molecule has 1 aliphatic rings. The fraction of sp³-hybridized carbons (Fsp3) is 1.00. The molecule has 11 heavy (non-hydrogen) atoms. The monoisotopic (exact) mass is 163 g/mol. The van der Waals surface area contributed by atoms with Crippen LogP contribution in [0.5, 0.6) is 0 Å². The Kier molecular flexibility index (Phi) is 2.19. The average Bonchev–Trinajstić information content (AvgIpc) is 1.84. The zero-order valence-electron chi connectivity index (χ0n) is 6.87. The van der Waals surface area contributed by atoms with Crippen LogP contribution in [0.1, 0.15) is 32.6 Å². The summed E-state index contributed by atoms with van der Waals surface area (Å²) in [6.07, 6.45) is 1.81. The highest BCUT2D eigenvalue weighted by Crippen LogP contribution is 2.53. The van der Waals surface area contributed by atoms with Gasteiger partial charge in [-0.15, -0.1) is 0 Å². The van der Waals surface area contributed by atoms with Crippen LogP contribution < -0.4 is 5.73 Å². The second-order valence-corrected chi connectivity index (χ2v) is 3.66. The first-order valence-electron chi connectivity index (χ1n) is 4.11. The van der Waals surface area contributed by atoms with E-state index in [1.165, 1.54) is 0 Å². The zero-order chi connectivity index (χ0) is 8.54. The minimum atomic E-state index is -2.42. The topological polar surface area (TPSA) is 26.0 Å². The molecule has 66 valence electrons. The van der Waals surface area contributed by atoms with Crippen molar-refractivity contribution in [2.24, 2.45) is 11.1 Å². The summed E-state index contributed by atoms with van der Waals surface area (Å²) in [5, 5.41) is 0. The van der Waals surface area contributed by atoms with E-state index in [0.717, 1.165) is 12.8 Å². The summed E-state index contributed by atoms with van der Waals surface area (Å²) < 4.78 is 25.0. The van der Waals surface area contributed by atoms with Crippen molar-refractivity contribution in [2.75, 3.05) is 6.54 Å². The number of nitrogens with two attached hydrogens (primary N) is 1. The van der Waals surface area contributed by atoms with E-state index in [1.807, 2.05) is 6.92 Å². The fourth-order valence-corrected chi connectivity index (χ4v) is 2.00. The molecule has 3 heteroatoms. The lowest BCUT2D eigenvalue weighted by atomic mass is 9.64. The maximum atomic E-state index is 12.5. The molecule has 0 unspecified atom stereocenters. The second kappa shape index (κ2) is 2.70. The Hall–Kier alpha value is -0.180. The summed E-state index contributed by atoms with van der Waals surface area (Å²) in [4.78, 5) is 0. The molecule has 1 rings (SSSR count). The van der Waals surface area contributed by atoms with Crippen LogP contribution in [0.3, 0.4) is 0 Å². The van der Waals surface area contributed by atoms with Gasteiger partial charge in [-0.25, -0.2) is 8.78 Å². The molecule has 0 aliphatic heterocycles. The smallest absolute Gasteiger partial charge is 0.249 e. The SMILES string of the molecule is CCCC1(CN)CC(F)(F)C1. The van der Waals surface area contributed by atoms with Crippen molar-refractivity contribution in [1.29, 1.82) is 0 Å². The van der Waals surface area contributed by atoms with E-state index >= 15 is 0 Å². The lowest BCUT2D eigenvalue weighted by Crippen LogP contribution is -2.50. The van der Waals surface area contributed by atoms with Crippen LogP contribution in [0.2, 0.25) is 0 Å². The van der Waals surface area contributed by atoms with Gasteiger partial charge in [-0.2, -0.15) is 0 Å². The third-order valence-corrected chi connectivity index (χ3v) is 2.48. The van der Waals surface area contributed by atoms with Crippen molar-refractivity contribution in [3.63, 3.8) is 0 Å². The molecular weight excluding hydrogens is 148 g/mol. The van der Waals surface area contributed by atoms with Crippen LogP contribution >= 0.6 is 0 Å². The summed E-state index contributed by atoms with van der Waals surface area (Å²) in [6.45, 7) is 2.42. The van der Waals surface area contributed by atoms with Gasteiger partial charge in [0, 0.05) is 12.8 Å². The van der Waals surface area contributed by atoms with E-state index in [2.05, 4.69) is 0 Å². The molecule has 1 aliphatic carbocycles. The minimum absolute atomic E-state index is 0.00431. The molecule has 0 saturated heterocycles. The van der Waals surface area contributed by atoms with Gasteiger partial charge in [-0.1, -0.05) is 13.3 Å². The molecule has 0 spiro atoms. The number of rotatable bonds is 3. The number of hydrogen-bond donors (Lipinski definition) is 1. The second-order valence-electron chi connectivity index (χ2n) is 3.66. The molecule has 1 fully saturated rings. The Morgan fingerprint density at radius 2 is 1.91 bits per heavy atom. The minimum Gasteiger partial charge on any atom is -0.330 e. The number of halogens is 2. The van der Waals surface area contributed by atoms with Crippen LogP contribution in [0.15, 0.2) is 0 Å². The summed E-state index contributed by atoms with van der Waals surface area (Å²) in [5.41, 5.74) is 5.22. The highest BCUT2D eigenvalue weighted by molar-refractivity contribution is 4.99. The molecule has 0 bridgehead atoms. The van der Waals surface area contributed by atoms with Crippen LogP contribution in [0.25, 0.3) is 0 Å². The Morgan fingerprint density at radius 1 is 1.36 bits per heavy atom. The normalized spacial score (nSPS) is 26.2. The van der Waals surface area contributed by atoms with E-state index in [1.54, 1.807) is 0 Å². The summed E-state index contributed by atoms with van der Waals surface area (Å²) >= 11 is 0. The highest BCUT2D eigenvalue weighted by Gasteiger charge is 2.54. The van der Waals surface area contributed by atoms with Crippen molar-refractivity contribution in [3.8, 4) is 0 Å². The Bertz CT molecular complexity index is 137. The van der Waals surface area contributed by atoms with Crippen LogP contribution in [0, 0.1) is 5.41 Å². The van der Waals surface area contributed by atoms with Crippen molar-refractivity contribution in [3.05, 3.63) is 0 Å². The predicted molar refractivity (Wildman–Crippen MR) is 40.6 cm³/mol. The van der Waals surface area contributed by atoms with Gasteiger partial charge in [0.2, 0.25) is 5.92 Å². The molecule has 0 radical (unpaired) electrons. The van der Waals surface area contributed by atoms with Crippen molar-refractivity contribution >= 4 is 0 Å². The largest absolute Gasteiger partial charge is 0.330 e. The lowest BCUT2D eigenvalue weighted by molar-refractivity contribution is -0.160. The Labute approximate surface area is 66.0 Å². The standard InChI is InChI=1S/C8H15F2N/c1-2-3-7(6-11)4-8(9,10)5-7/h2-6,11H2,1H3. The first-order valence-corrected chi connectivity index (χ1v) is 4.11. The lowest BCUT2D eigenvalue weighted by Gasteiger charge is -2.46. The quantitative estimate of drug-likeness (QED) is 0.677. The van der Waals surface area contributed by atoms with Crippen LogP contribution in [-0.2, 0) is 0 Å². The molecule has 0 heterocycles. The molecule has 2 N–H and O–H groups in total. The Morgan fingerprint density at radius 3 is 2.18 bits per heavy atom. The van der Waals surface area contributed by atoms with Gasteiger partial charge in [-0.3, -0.25) is 0 Å². The van der Waals surface area contributed by atoms with Gasteiger partial charge >= 0.3 is 0 Å². The molecule has 0 atom stereocenters. The third-order valence-electron chi connectivity index (χ3n) is 2.48. The summed E-state index contributed by atoms with van der Waals surface area (Å²) in [7, 11) is 0. The van der Waals surface area contributed by atoms with E-state index < -0.39 is 5.92 Å².